The Morgan fingerprint density at radius 1 is 1.43 bits per heavy atom. The van der Waals surface area contributed by atoms with Gasteiger partial charge in [-0.2, -0.15) is 0 Å². The standard InChI is InChI=1S/C11H8FO2/c12-9-3-1-4-10(7-9)14-8-11-5-2-6-13-11/h1-2,4-7H,8H2. The lowest BCUT2D eigenvalue weighted by Crippen LogP contribution is -1.93. The van der Waals surface area contributed by atoms with Gasteiger partial charge in [0.15, 0.2) is 0 Å². The van der Waals surface area contributed by atoms with E-state index in [-0.39, 0.29) is 0 Å². The van der Waals surface area contributed by atoms with Gasteiger partial charge in [0.25, 0.3) is 0 Å². The molecule has 1 radical (unpaired) electrons. The Morgan fingerprint density at radius 3 is 3.07 bits per heavy atom. The van der Waals surface area contributed by atoms with Crippen molar-refractivity contribution in [3.63, 3.8) is 0 Å². The van der Waals surface area contributed by atoms with E-state index in [0.29, 0.717) is 18.1 Å². The van der Waals surface area contributed by atoms with Crippen LogP contribution in [0.25, 0.3) is 0 Å². The number of hydrogen-bond donors (Lipinski definition) is 0. The molecule has 0 spiro atoms. The molecule has 0 fully saturated rings. The van der Waals surface area contributed by atoms with E-state index in [1.807, 2.05) is 0 Å². The molecular weight excluding hydrogens is 183 g/mol. The largest absolute Gasteiger partial charge is 0.486 e. The number of rotatable bonds is 3. The number of benzene rings is 1. The summed E-state index contributed by atoms with van der Waals surface area (Å²) in [6.07, 6.45) is 1.57. The summed E-state index contributed by atoms with van der Waals surface area (Å²) in [5, 5.41) is 0. The average molecular weight is 191 g/mol. The molecule has 1 heterocycles. The summed E-state index contributed by atoms with van der Waals surface area (Å²) in [4.78, 5) is 0. The third-order valence-electron chi connectivity index (χ3n) is 1.70. The highest BCUT2D eigenvalue weighted by Gasteiger charge is 1.98. The lowest BCUT2D eigenvalue weighted by Gasteiger charge is -2.02. The highest BCUT2D eigenvalue weighted by Crippen LogP contribution is 2.13. The molecule has 0 aliphatic rings. The van der Waals surface area contributed by atoms with Crippen molar-refractivity contribution in [3.05, 3.63) is 54.2 Å². The number of ether oxygens (including phenoxy) is 1. The van der Waals surface area contributed by atoms with E-state index < -0.39 is 5.82 Å². The highest BCUT2D eigenvalue weighted by atomic mass is 19.1. The maximum Gasteiger partial charge on any atom is 0.146 e. The van der Waals surface area contributed by atoms with Crippen molar-refractivity contribution in [1.82, 2.24) is 0 Å². The summed E-state index contributed by atoms with van der Waals surface area (Å²) >= 11 is 0. The molecule has 1 aromatic heterocycles. The minimum atomic E-state index is -0.429. The second-order valence-electron chi connectivity index (χ2n) is 2.74. The van der Waals surface area contributed by atoms with E-state index in [2.05, 4.69) is 6.07 Å². The summed E-state index contributed by atoms with van der Waals surface area (Å²) in [5.74, 6) is 0.748. The fourth-order valence-corrected chi connectivity index (χ4v) is 1.06. The van der Waals surface area contributed by atoms with Crippen LogP contribution < -0.4 is 4.74 Å². The first-order chi connectivity index (χ1) is 6.84. The molecule has 2 aromatic rings. The number of hydrogen-bond acceptors (Lipinski definition) is 2. The molecule has 0 atom stereocenters. The van der Waals surface area contributed by atoms with Gasteiger partial charge in [0.2, 0.25) is 0 Å². The Morgan fingerprint density at radius 2 is 2.36 bits per heavy atom. The van der Waals surface area contributed by atoms with Gasteiger partial charge in [0.1, 0.15) is 23.9 Å². The SMILES string of the molecule is Fc1[c]ccc(OCc2ccco2)c1. The van der Waals surface area contributed by atoms with Crippen molar-refractivity contribution in [1.29, 1.82) is 0 Å². The van der Waals surface area contributed by atoms with Crippen LogP contribution in [-0.2, 0) is 6.61 Å². The molecule has 0 aliphatic carbocycles. The summed E-state index contributed by atoms with van der Waals surface area (Å²) < 4.78 is 23.0. The second-order valence-corrected chi connectivity index (χ2v) is 2.74. The van der Waals surface area contributed by atoms with E-state index in [0.717, 1.165) is 0 Å². The van der Waals surface area contributed by atoms with Crippen molar-refractivity contribution >= 4 is 0 Å². The van der Waals surface area contributed by atoms with Gasteiger partial charge in [-0.05, 0) is 24.3 Å². The van der Waals surface area contributed by atoms with Crippen LogP contribution in [0.4, 0.5) is 4.39 Å². The summed E-state index contributed by atoms with van der Waals surface area (Å²) in [6.45, 7) is 0.302. The van der Waals surface area contributed by atoms with Gasteiger partial charge in [0.05, 0.1) is 6.26 Å². The van der Waals surface area contributed by atoms with Crippen LogP contribution >= 0.6 is 0 Å². The summed E-state index contributed by atoms with van der Waals surface area (Å²) in [7, 11) is 0. The van der Waals surface area contributed by atoms with Gasteiger partial charge in [-0.25, -0.2) is 4.39 Å². The minimum Gasteiger partial charge on any atom is -0.486 e. The normalized spacial score (nSPS) is 10.1. The molecule has 14 heavy (non-hydrogen) atoms. The van der Waals surface area contributed by atoms with Gasteiger partial charge < -0.3 is 9.15 Å². The van der Waals surface area contributed by atoms with Crippen molar-refractivity contribution in [2.24, 2.45) is 0 Å². The predicted molar refractivity (Wildman–Crippen MR) is 48.3 cm³/mol. The van der Waals surface area contributed by atoms with Gasteiger partial charge in [-0.15, -0.1) is 0 Å². The summed E-state index contributed by atoms with van der Waals surface area (Å²) in [6, 6.07) is 10.4. The topological polar surface area (TPSA) is 22.4 Å². The lowest BCUT2D eigenvalue weighted by molar-refractivity contribution is 0.269. The van der Waals surface area contributed by atoms with E-state index >= 15 is 0 Å². The molecule has 1 aromatic carbocycles. The van der Waals surface area contributed by atoms with Crippen LogP contribution in [0.5, 0.6) is 5.75 Å². The molecule has 0 bridgehead atoms. The molecule has 0 amide bonds. The zero-order valence-corrected chi connectivity index (χ0v) is 7.37. The van der Waals surface area contributed by atoms with E-state index in [1.165, 1.54) is 12.1 Å². The van der Waals surface area contributed by atoms with E-state index in [4.69, 9.17) is 9.15 Å². The third-order valence-corrected chi connectivity index (χ3v) is 1.70. The fraction of sp³-hybridized carbons (Fsp3) is 0.0909. The molecule has 0 saturated carbocycles. The van der Waals surface area contributed by atoms with Crippen molar-refractivity contribution in [2.45, 2.75) is 6.61 Å². The fourth-order valence-electron chi connectivity index (χ4n) is 1.06. The van der Waals surface area contributed by atoms with Crippen LogP contribution in [0.2, 0.25) is 0 Å². The van der Waals surface area contributed by atoms with Crippen molar-refractivity contribution in [3.8, 4) is 5.75 Å². The first-order valence-electron chi connectivity index (χ1n) is 4.17. The van der Waals surface area contributed by atoms with Crippen LogP contribution in [0, 0.1) is 11.9 Å². The molecule has 0 aliphatic heterocycles. The van der Waals surface area contributed by atoms with Gasteiger partial charge in [-0.3, -0.25) is 0 Å². The zero-order valence-electron chi connectivity index (χ0n) is 7.37. The summed E-state index contributed by atoms with van der Waals surface area (Å²) in [5.41, 5.74) is 0. The monoisotopic (exact) mass is 191 g/mol. The molecule has 0 N–H and O–H groups in total. The minimum absolute atomic E-state index is 0.302. The lowest BCUT2D eigenvalue weighted by atomic mass is 10.3. The molecule has 0 saturated heterocycles. The third kappa shape index (κ3) is 2.13. The van der Waals surface area contributed by atoms with Crippen LogP contribution in [0.3, 0.4) is 0 Å². The van der Waals surface area contributed by atoms with Crippen molar-refractivity contribution < 1.29 is 13.5 Å². The molecule has 71 valence electrons. The van der Waals surface area contributed by atoms with E-state index in [1.54, 1.807) is 24.5 Å². The number of halogens is 1. The molecule has 2 nitrogen and oxygen atoms in total. The van der Waals surface area contributed by atoms with Crippen LogP contribution in [0.15, 0.2) is 41.0 Å². The zero-order chi connectivity index (χ0) is 9.80. The smallest absolute Gasteiger partial charge is 0.146 e. The Hall–Kier alpha value is -1.77. The molecule has 3 heteroatoms. The maximum atomic E-state index is 12.7. The Kier molecular flexibility index (Phi) is 2.49. The van der Waals surface area contributed by atoms with E-state index in [9.17, 15) is 4.39 Å². The average Bonchev–Trinajstić information content (AvgIpc) is 2.67. The first-order valence-corrected chi connectivity index (χ1v) is 4.17. The van der Waals surface area contributed by atoms with Gasteiger partial charge in [0, 0.05) is 12.1 Å². The second kappa shape index (κ2) is 3.96. The van der Waals surface area contributed by atoms with Gasteiger partial charge in [-0.1, -0.05) is 0 Å². The van der Waals surface area contributed by atoms with Crippen molar-refractivity contribution in [2.75, 3.05) is 0 Å². The first kappa shape index (κ1) is 8.81. The predicted octanol–water partition coefficient (Wildman–Crippen LogP) is 2.80. The molecular formula is C11H8FO2. The van der Waals surface area contributed by atoms with Crippen LogP contribution in [0.1, 0.15) is 5.76 Å². The highest BCUT2D eigenvalue weighted by molar-refractivity contribution is 5.21. The quantitative estimate of drug-likeness (QED) is 0.744. The number of furan rings is 1. The van der Waals surface area contributed by atoms with Crippen LogP contribution in [-0.4, -0.2) is 0 Å². The maximum absolute atomic E-state index is 12.7. The Balaban J connectivity index is 1.98. The van der Waals surface area contributed by atoms with Gasteiger partial charge >= 0.3 is 0 Å². The Bertz CT molecular complexity index is 395. The Labute approximate surface area is 80.9 Å². The molecule has 0 unspecified atom stereocenters. The molecule has 2 rings (SSSR count).